The van der Waals surface area contributed by atoms with Crippen LogP contribution in [0.4, 0.5) is 15.2 Å². The second-order valence-electron chi connectivity index (χ2n) is 3.31. The molecule has 18 heavy (non-hydrogen) atoms. The summed E-state index contributed by atoms with van der Waals surface area (Å²) in [6.45, 7) is 0. The lowest BCUT2D eigenvalue weighted by atomic mass is 10.3. The van der Waals surface area contributed by atoms with Crippen LogP contribution in [0, 0.1) is 5.82 Å². The fourth-order valence-corrected chi connectivity index (χ4v) is 2.01. The van der Waals surface area contributed by atoms with E-state index in [9.17, 15) is 9.18 Å². The van der Waals surface area contributed by atoms with Crippen molar-refractivity contribution in [1.82, 2.24) is 4.98 Å². The van der Waals surface area contributed by atoms with Crippen LogP contribution in [-0.2, 0) is 0 Å². The maximum atomic E-state index is 13.0. The Morgan fingerprint density at radius 1 is 1.56 bits per heavy atom. The van der Waals surface area contributed by atoms with Crippen molar-refractivity contribution in [3.8, 4) is 5.75 Å². The standard InChI is InChI=1S/C11H9FN2O3S/c1-17-9-4-6(12)2-3-7(9)13-11-14-8(5-18-11)10(15)16/h2-5H,1H3,(H,13,14)(H,15,16). The number of thiazole rings is 1. The summed E-state index contributed by atoms with van der Waals surface area (Å²) in [6, 6.07) is 4.00. The van der Waals surface area contributed by atoms with Gasteiger partial charge in [-0.05, 0) is 12.1 Å². The minimum Gasteiger partial charge on any atom is -0.494 e. The van der Waals surface area contributed by atoms with Crippen LogP contribution in [0.15, 0.2) is 23.6 Å². The van der Waals surface area contributed by atoms with Crippen molar-refractivity contribution in [1.29, 1.82) is 0 Å². The van der Waals surface area contributed by atoms with E-state index in [2.05, 4.69) is 10.3 Å². The van der Waals surface area contributed by atoms with Crippen molar-refractivity contribution in [2.45, 2.75) is 0 Å². The fraction of sp³-hybridized carbons (Fsp3) is 0.0909. The Bertz CT molecular complexity index is 585. The van der Waals surface area contributed by atoms with Crippen LogP contribution >= 0.6 is 11.3 Å². The van der Waals surface area contributed by atoms with Gasteiger partial charge >= 0.3 is 5.97 Å². The maximum absolute atomic E-state index is 13.0. The van der Waals surface area contributed by atoms with E-state index in [1.165, 1.54) is 30.7 Å². The van der Waals surface area contributed by atoms with Crippen LogP contribution in [0.2, 0.25) is 0 Å². The summed E-state index contributed by atoms with van der Waals surface area (Å²) in [4.78, 5) is 14.5. The summed E-state index contributed by atoms with van der Waals surface area (Å²) in [7, 11) is 1.42. The number of ether oxygens (including phenoxy) is 1. The molecule has 5 nitrogen and oxygen atoms in total. The van der Waals surface area contributed by atoms with Crippen LogP contribution < -0.4 is 10.1 Å². The van der Waals surface area contributed by atoms with Crippen molar-refractivity contribution in [3.05, 3.63) is 35.1 Å². The Labute approximate surface area is 106 Å². The molecule has 0 saturated carbocycles. The number of nitrogens with zero attached hydrogens (tertiary/aromatic N) is 1. The Hall–Kier alpha value is -2.15. The van der Waals surface area contributed by atoms with E-state index in [1.807, 2.05) is 0 Å². The first-order valence-electron chi connectivity index (χ1n) is 4.89. The molecule has 0 spiro atoms. The van der Waals surface area contributed by atoms with Gasteiger partial charge in [-0.2, -0.15) is 0 Å². The highest BCUT2D eigenvalue weighted by atomic mass is 32.1. The number of carboxylic acids is 1. The van der Waals surface area contributed by atoms with E-state index in [0.29, 0.717) is 16.6 Å². The van der Waals surface area contributed by atoms with Gasteiger partial charge in [-0.15, -0.1) is 11.3 Å². The highest BCUT2D eigenvalue weighted by molar-refractivity contribution is 7.14. The number of hydrogen-bond acceptors (Lipinski definition) is 5. The van der Waals surface area contributed by atoms with Crippen molar-refractivity contribution < 1.29 is 19.0 Å². The minimum absolute atomic E-state index is 0.0384. The highest BCUT2D eigenvalue weighted by Crippen LogP contribution is 2.29. The zero-order valence-electron chi connectivity index (χ0n) is 9.31. The predicted octanol–water partition coefficient (Wildman–Crippen LogP) is 2.73. The van der Waals surface area contributed by atoms with Crippen LogP contribution in [0.3, 0.4) is 0 Å². The number of carboxylic acid groups (broad SMARTS) is 1. The van der Waals surface area contributed by atoms with Gasteiger partial charge in [0.2, 0.25) is 0 Å². The van der Waals surface area contributed by atoms with Gasteiger partial charge in [0.1, 0.15) is 11.6 Å². The predicted molar refractivity (Wildman–Crippen MR) is 65.3 cm³/mol. The average Bonchev–Trinajstić information content (AvgIpc) is 2.80. The quantitative estimate of drug-likeness (QED) is 0.892. The Morgan fingerprint density at radius 2 is 2.33 bits per heavy atom. The smallest absolute Gasteiger partial charge is 0.355 e. The number of aromatic carboxylic acids is 1. The molecule has 0 fully saturated rings. The van der Waals surface area contributed by atoms with Crippen LogP contribution in [0.1, 0.15) is 10.5 Å². The average molecular weight is 268 g/mol. The van der Waals surface area contributed by atoms with Crippen molar-refractivity contribution >= 4 is 28.1 Å². The first kappa shape index (κ1) is 12.3. The lowest BCUT2D eigenvalue weighted by Crippen LogP contribution is -1.98. The second kappa shape index (κ2) is 5.01. The molecule has 0 atom stereocenters. The Morgan fingerprint density at radius 3 is 2.94 bits per heavy atom. The number of benzene rings is 1. The molecule has 0 radical (unpaired) electrons. The SMILES string of the molecule is COc1cc(F)ccc1Nc1nc(C(=O)O)cs1. The first-order chi connectivity index (χ1) is 8.60. The molecule has 0 aliphatic heterocycles. The molecule has 7 heteroatoms. The molecule has 0 aliphatic rings. The molecule has 1 aromatic carbocycles. The van der Waals surface area contributed by atoms with E-state index in [1.54, 1.807) is 0 Å². The van der Waals surface area contributed by atoms with Gasteiger partial charge in [0.25, 0.3) is 0 Å². The lowest BCUT2D eigenvalue weighted by molar-refractivity contribution is 0.0691. The molecule has 1 heterocycles. The molecule has 0 amide bonds. The molecule has 0 bridgehead atoms. The number of aromatic nitrogens is 1. The number of anilines is 2. The number of hydrogen-bond donors (Lipinski definition) is 2. The number of rotatable bonds is 4. The molecule has 0 saturated heterocycles. The number of nitrogens with one attached hydrogen (secondary N) is 1. The van der Waals surface area contributed by atoms with Gasteiger partial charge in [-0.3, -0.25) is 0 Å². The van der Waals surface area contributed by atoms with E-state index >= 15 is 0 Å². The van der Waals surface area contributed by atoms with Crippen molar-refractivity contribution in [2.75, 3.05) is 12.4 Å². The molecule has 2 aromatic rings. The van der Waals surface area contributed by atoms with E-state index in [4.69, 9.17) is 9.84 Å². The molecule has 1 aromatic heterocycles. The third kappa shape index (κ3) is 2.57. The Balaban J connectivity index is 2.25. The molecule has 0 unspecified atom stereocenters. The van der Waals surface area contributed by atoms with Crippen LogP contribution in [0.5, 0.6) is 5.75 Å². The molecule has 2 N–H and O–H groups in total. The van der Waals surface area contributed by atoms with Crippen molar-refractivity contribution in [3.63, 3.8) is 0 Å². The molecular weight excluding hydrogens is 259 g/mol. The Kier molecular flexibility index (Phi) is 3.42. The van der Waals surface area contributed by atoms with Gasteiger partial charge in [-0.25, -0.2) is 14.2 Å². The fourth-order valence-electron chi connectivity index (χ4n) is 1.31. The maximum Gasteiger partial charge on any atom is 0.355 e. The third-order valence-corrected chi connectivity index (χ3v) is 2.89. The number of carbonyl (C=O) groups is 1. The summed E-state index contributed by atoms with van der Waals surface area (Å²) >= 11 is 1.14. The summed E-state index contributed by atoms with van der Waals surface area (Å²) in [5.41, 5.74) is 0.480. The van der Waals surface area contributed by atoms with Gasteiger partial charge in [0.05, 0.1) is 12.8 Å². The first-order valence-corrected chi connectivity index (χ1v) is 5.77. The third-order valence-electron chi connectivity index (χ3n) is 2.13. The van der Waals surface area contributed by atoms with Gasteiger partial charge in [0.15, 0.2) is 10.8 Å². The number of halogens is 1. The van der Waals surface area contributed by atoms with Gasteiger partial charge in [-0.1, -0.05) is 0 Å². The monoisotopic (exact) mass is 268 g/mol. The highest BCUT2D eigenvalue weighted by Gasteiger charge is 2.10. The lowest BCUT2D eigenvalue weighted by Gasteiger charge is -2.08. The molecule has 2 rings (SSSR count). The topological polar surface area (TPSA) is 71.5 Å². The van der Waals surface area contributed by atoms with Gasteiger partial charge < -0.3 is 15.2 Å². The summed E-state index contributed by atoms with van der Waals surface area (Å²) < 4.78 is 18.0. The van der Waals surface area contributed by atoms with Crippen molar-refractivity contribution in [2.24, 2.45) is 0 Å². The summed E-state index contributed by atoms with van der Waals surface area (Å²) in [5.74, 6) is -1.18. The normalized spacial score (nSPS) is 10.1. The van der Waals surface area contributed by atoms with E-state index in [-0.39, 0.29) is 5.69 Å². The summed E-state index contributed by atoms with van der Waals surface area (Å²) in [6.07, 6.45) is 0. The molecule has 0 aliphatic carbocycles. The zero-order valence-corrected chi connectivity index (χ0v) is 10.1. The van der Waals surface area contributed by atoms with Gasteiger partial charge in [0, 0.05) is 11.4 Å². The van der Waals surface area contributed by atoms with Crippen LogP contribution in [-0.4, -0.2) is 23.2 Å². The number of methoxy groups -OCH3 is 1. The van der Waals surface area contributed by atoms with E-state index in [0.717, 1.165) is 11.3 Å². The van der Waals surface area contributed by atoms with E-state index < -0.39 is 11.8 Å². The van der Waals surface area contributed by atoms with Crippen LogP contribution in [0.25, 0.3) is 0 Å². The zero-order chi connectivity index (χ0) is 13.1. The minimum atomic E-state index is -1.09. The molecule has 94 valence electrons. The second-order valence-corrected chi connectivity index (χ2v) is 4.17. The summed E-state index contributed by atoms with van der Waals surface area (Å²) in [5, 5.41) is 13.4. The molecular formula is C11H9FN2O3S. The largest absolute Gasteiger partial charge is 0.494 e.